The van der Waals surface area contributed by atoms with Crippen LogP contribution in [0, 0.1) is 5.82 Å². The standard InChI is InChI=1S/C18H16FNO3/c19-13-3-1-11(2-4-13)10-20-18(21)16-14-6-8-22-15(14)9-12-5-7-23-17(12)16/h1-4,9H,5-8,10H2,(H,20,21). The maximum atomic E-state index is 12.9. The normalized spacial score (nSPS) is 14.7. The molecule has 0 atom stereocenters. The number of hydrogen-bond donors (Lipinski definition) is 1. The van der Waals surface area contributed by atoms with Crippen LogP contribution < -0.4 is 14.8 Å². The van der Waals surface area contributed by atoms with Crippen LogP contribution >= 0.6 is 0 Å². The number of nitrogens with one attached hydrogen (secondary N) is 1. The molecule has 0 aromatic heterocycles. The number of benzene rings is 2. The minimum Gasteiger partial charge on any atom is -0.493 e. The summed E-state index contributed by atoms with van der Waals surface area (Å²) in [6.07, 6.45) is 1.51. The molecule has 2 aliphatic heterocycles. The summed E-state index contributed by atoms with van der Waals surface area (Å²) in [5.74, 6) is 1.02. The third-order valence-electron chi connectivity index (χ3n) is 4.24. The van der Waals surface area contributed by atoms with E-state index < -0.39 is 0 Å². The lowest BCUT2D eigenvalue weighted by atomic mass is 9.99. The molecule has 1 amide bonds. The first-order valence-electron chi connectivity index (χ1n) is 7.69. The summed E-state index contributed by atoms with van der Waals surface area (Å²) in [6, 6.07) is 8.08. The first-order valence-corrected chi connectivity index (χ1v) is 7.69. The second kappa shape index (κ2) is 5.57. The number of amides is 1. The molecule has 2 aliphatic rings. The highest BCUT2D eigenvalue weighted by Gasteiger charge is 2.30. The molecule has 0 radical (unpaired) electrons. The van der Waals surface area contributed by atoms with E-state index in [0.717, 1.165) is 28.9 Å². The first-order chi connectivity index (χ1) is 11.2. The van der Waals surface area contributed by atoms with Crippen molar-refractivity contribution in [3.05, 3.63) is 58.4 Å². The average Bonchev–Trinajstić information content (AvgIpc) is 3.20. The Hall–Kier alpha value is -2.56. The number of halogens is 1. The van der Waals surface area contributed by atoms with Gasteiger partial charge in [-0.3, -0.25) is 4.79 Å². The minimum absolute atomic E-state index is 0.171. The van der Waals surface area contributed by atoms with E-state index in [-0.39, 0.29) is 11.7 Å². The predicted molar refractivity (Wildman–Crippen MR) is 82.4 cm³/mol. The molecule has 2 heterocycles. The van der Waals surface area contributed by atoms with Gasteiger partial charge in [0.1, 0.15) is 17.3 Å². The summed E-state index contributed by atoms with van der Waals surface area (Å²) in [5.41, 5.74) is 3.38. The Balaban J connectivity index is 1.60. The summed E-state index contributed by atoms with van der Waals surface area (Å²) < 4.78 is 24.2. The van der Waals surface area contributed by atoms with Crippen LogP contribution in [0.2, 0.25) is 0 Å². The highest BCUT2D eigenvalue weighted by molar-refractivity contribution is 6.00. The monoisotopic (exact) mass is 313 g/mol. The van der Waals surface area contributed by atoms with Gasteiger partial charge in [0, 0.05) is 30.5 Å². The number of ether oxygens (including phenoxy) is 2. The zero-order valence-corrected chi connectivity index (χ0v) is 12.5. The molecular weight excluding hydrogens is 297 g/mol. The van der Waals surface area contributed by atoms with E-state index in [1.807, 2.05) is 6.07 Å². The van der Waals surface area contributed by atoms with Crippen molar-refractivity contribution in [3.63, 3.8) is 0 Å². The molecule has 0 fully saturated rings. The van der Waals surface area contributed by atoms with Gasteiger partial charge >= 0.3 is 0 Å². The van der Waals surface area contributed by atoms with E-state index in [2.05, 4.69) is 5.32 Å². The van der Waals surface area contributed by atoms with Crippen LogP contribution in [0.4, 0.5) is 4.39 Å². The molecule has 23 heavy (non-hydrogen) atoms. The van der Waals surface area contributed by atoms with E-state index in [1.165, 1.54) is 12.1 Å². The highest BCUT2D eigenvalue weighted by atomic mass is 19.1. The molecule has 4 rings (SSSR count). The number of rotatable bonds is 3. The molecule has 0 saturated heterocycles. The Bertz CT molecular complexity index is 739. The van der Waals surface area contributed by atoms with Crippen LogP contribution in [-0.4, -0.2) is 19.1 Å². The molecule has 0 unspecified atom stereocenters. The molecule has 4 nitrogen and oxygen atoms in total. The second-order valence-electron chi connectivity index (χ2n) is 5.72. The first kappa shape index (κ1) is 14.1. The van der Waals surface area contributed by atoms with Crippen LogP contribution in [0.25, 0.3) is 0 Å². The Morgan fingerprint density at radius 1 is 1.13 bits per heavy atom. The summed E-state index contributed by atoms with van der Waals surface area (Å²) in [7, 11) is 0. The molecule has 0 bridgehead atoms. The second-order valence-corrected chi connectivity index (χ2v) is 5.72. The maximum Gasteiger partial charge on any atom is 0.255 e. The van der Waals surface area contributed by atoms with Gasteiger partial charge in [-0.25, -0.2) is 4.39 Å². The van der Waals surface area contributed by atoms with Gasteiger partial charge in [-0.2, -0.15) is 0 Å². The van der Waals surface area contributed by atoms with Crippen molar-refractivity contribution >= 4 is 5.91 Å². The Morgan fingerprint density at radius 2 is 1.91 bits per heavy atom. The van der Waals surface area contributed by atoms with Crippen molar-refractivity contribution in [2.75, 3.05) is 13.2 Å². The van der Waals surface area contributed by atoms with Crippen molar-refractivity contribution in [1.82, 2.24) is 5.32 Å². The minimum atomic E-state index is -0.288. The lowest BCUT2D eigenvalue weighted by Gasteiger charge is -2.13. The summed E-state index contributed by atoms with van der Waals surface area (Å²) in [5, 5.41) is 2.90. The zero-order valence-electron chi connectivity index (χ0n) is 12.5. The smallest absolute Gasteiger partial charge is 0.255 e. The van der Waals surface area contributed by atoms with Crippen molar-refractivity contribution in [3.8, 4) is 11.5 Å². The van der Waals surface area contributed by atoms with E-state index in [4.69, 9.17) is 9.47 Å². The quantitative estimate of drug-likeness (QED) is 0.947. The molecule has 0 spiro atoms. The molecule has 5 heteroatoms. The van der Waals surface area contributed by atoms with Crippen molar-refractivity contribution in [2.24, 2.45) is 0 Å². The Kier molecular flexibility index (Phi) is 3.41. The van der Waals surface area contributed by atoms with Crippen LogP contribution in [-0.2, 0) is 19.4 Å². The van der Waals surface area contributed by atoms with Crippen LogP contribution in [0.15, 0.2) is 30.3 Å². The fraction of sp³-hybridized carbons (Fsp3) is 0.278. The Labute approximate surface area is 133 Å². The van der Waals surface area contributed by atoms with Gasteiger partial charge in [0.2, 0.25) is 0 Å². The molecule has 0 saturated carbocycles. The van der Waals surface area contributed by atoms with Crippen LogP contribution in [0.3, 0.4) is 0 Å². The van der Waals surface area contributed by atoms with Crippen molar-refractivity contribution in [1.29, 1.82) is 0 Å². The maximum absolute atomic E-state index is 12.9. The third-order valence-corrected chi connectivity index (χ3v) is 4.24. The summed E-state index contributed by atoms with van der Waals surface area (Å²) in [6.45, 7) is 1.53. The molecule has 0 aliphatic carbocycles. The van der Waals surface area contributed by atoms with Gasteiger partial charge < -0.3 is 14.8 Å². The van der Waals surface area contributed by atoms with E-state index in [1.54, 1.807) is 12.1 Å². The van der Waals surface area contributed by atoms with Gasteiger partial charge in [0.25, 0.3) is 5.91 Å². The number of carbonyl (C=O) groups excluding carboxylic acids is 1. The van der Waals surface area contributed by atoms with Crippen LogP contribution in [0.5, 0.6) is 11.5 Å². The number of fused-ring (bicyclic) bond motifs is 2. The van der Waals surface area contributed by atoms with E-state index in [9.17, 15) is 9.18 Å². The molecular formula is C18H16FNO3. The summed E-state index contributed by atoms with van der Waals surface area (Å²) in [4.78, 5) is 12.7. The number of hydrogen-bond acceptors (Lipinski definition) is 3. The van der Waals surface area contributed by atoms with Gasteiger partial charge in [-0.15, -0.1) is 0 Å². The lowest BCUT2D eigenvalue weighted by molar-refractivity contribution is 0.0947. The van der Waals surface area contributed by atoms with Gasteiger partial charge in [-0.05, 0) is 23.8 Å². The van der Waals surface area contributed by atoms with Crippen LogP contribution in [0.1, 0.15) is 27.0 Å². The Morgan fingerprint density at radius 3 is 2.74 bits per heavy atom. The van der Waals surface area contributed by atoms with E-state index in [0.29, 0.717) is 37.5 Å². The molecule has 2 aromatic rings. The van der Waals surface area contributed by atoms with E-state index >= 15 is 0 Å². The molecule has 118 valence electrons. The van der Waals surface area contributed by atoms with Gasteiger partial charge in [-0.1, -0.05) is 12.1 Å². The SMILES string of the molecule is O=C(NCc1ccc(F)cc1)c1c2c(cc3c1OCC3)OCC2. The molecule has 2 aromatic carbocycles. The fourth-order valence-corrected chi connectivity index (χ4v) is 3.10. The lowest BCUT2D eigenvalue weighted by Crippen LogP contribution is -2.24. The summed E-state index contributed by atoms with van der Waals surface area (Å²) >= 11 is 0. The number of carbonyl (C=O) groups is 1. The largest absolute Gasteiger partial charge is 0.493 e. The molecule has 1 N–H and O–H groups in total. The zero-order chi connectivity index (χ0) is 15.8. The third kappa shape index (κ3) is 2.52. The average molecular weight is 313 g/mol. The van der Waals surface area contributed by atoms with Gasteiger partial charge in [0.05, 0.1) is 18.8 Å². The highest BCUT2D eigenvalue weighted by Crippen LogP contribution is 2.40. The van der Waals surface area contributed by atoms with Gasteiger partial charge in [0.15, 0.2) is 0 Å². The van der Waals surface area contributed by atoms with Crippen molar-refractivity contribution in [2.45, 2.75) is 19.4 Å². The topological polar surface area (TPSA) is 47.6 Å². The van der Waals surface area contributed by atoms with Crippen molar-refractivity contribution < 1.29 is 18.7 Å². The fourth-order valence-electron chi connectivity index (χ4n) is 3.10. The predicted octanol–water partition coefficient (Wildman–Crippen LogP) is 2.63.